The van der Waals surface area contributed by atoms with E-state index in [0.717, 1.165) is 4.31 Å². The molecule has 1 aliphatic heterocycles. The van der Waals surface area contributed by atoms with Gasteiger partial charge in [-0.2, -0.15) is 4.31 Å². The number of carboxylic acid groups (broad SMARTS) is 1. The number of nitrogens with zero attached hydrogens (tertiary/aromatic N) is 3. The van der Waals surface area contributed by atoms with Crippen LogP contribution in [-0.4, -0.2) is 46.7 Å². The fourth-order valence-electron chi connectivity index (χ4n) is 2.39. The van der Waals surface area contributed by atoms with Gasteiger partial charge in [0.05, 0.1) is 0 Å². The van der Waals surface area contributed by atoms with Gasteiger partial charge in [0.1, 0.15) is 16.5 Å². The number of hydrogen-bond acceptors (Lipinski definition) is 6. The Morgan fingerprint density at radius 2 is 2.20 bits per heavy atom. The van der Waals surface area contributed by atoms with E-state index < -0.39 is 22.0 Å². The monoisotopic (exact) mass is 297 g/mol. The van der Waals surface area contributed by atoms with Crippen LogP contribution in [0.1, 0.15) is 12.8 Å². The molecule has 106 valence electrons. The summed E-state index contributed by atoms with van der Waals surface area (Å²) in [5.74, 6) is -1.14. The van der Waals surface area contributed by atoms with Crippen molar-refractivity contribution in [3.8, 4) is 0 Å². The standard InChI is InChI=1S/C11H11N3O5S/c15-11(16)8-4-2-6-14(8)20(17,18)9-5-1-3-7-10(9)13-19-12-7/h1,3,5,8H,2,4,6H2,(H,15,16)/t8-/m1/s1. The molecule has 1 atom stereocenters. The molecular weight excluding hydrogens is 286 g/mol. The first-order valence-corrected chi connectivity index (χ1v) is 7.42. The summed E-state index contributed by atoms with van der Waals surface area (Å²) in [6, 6.07) is 3.43. The Labute approximate surface area is 114 Å². The highest BCUT2D eigenvalue weighted by molar-refractivity contribution is 7.89. The van der Waals surface area contributed by atoms with Gasteiger partial charge >= 0.3 is 5.97 Å². The SMILES string of the molecule is O=C(O)[C@H]1CCCN1S(=O)(=O)c1cccc2nonc12. The average molecular weight is 297 g/mol. The third kappa shape index (κ3) is 1.86. The second-order valence-electron chi connectivity index (χ2n) is 4.50. The molecule has 20 heavy (non-hydrogen) atoms. The molecule has 0 aliphatic carbocycles. The van der Waals surface area contributed by atoms with Crippen molar-refractivity contribution in [2.45, 2.75) is 23.8 Å². The Kier molecular flexibility index (Phi) is 2.94. The molecule has 3 rings (SSSR count). The molecule has 1 aromatic carbocycles. The minimum atomic E-state index is -3.94. The van der Waals surface area contributed by atoms with Crippen molar-refractivity contribution in [2.24, 2.45) is 0 Å². The number of benzene rings is 1. The summed E-state index contributed by atoms with van der Waals surface area (Å²) in [6.45, 7) is 0.182. The summed E-state index contributed by atoms with van der Waals surface area (Å²) in [5, 5.41) is 16.3. The molecule has 1 saturated heterocycles. The zero-order valence-electron chi connectivity index (χ0n) is 10.3. The number of hydrogen-bond donors (Lipinski definition) is 1. The molecule has 9 heteroatoms. The van der Waals surface area contributed by atoms with E-state index in [0.29, 0.717) is 18.4 Å². The molecule has 0 unspecified atom stereocenters. The molecule has 1 fully saturated rings. The van der Waals surface area contributed by atoms with Gasteiger partial charge in [0, 0.05) is 6.54 Å². The van der Waals surface area contributed by atoms with Crippen molar-refractivity contribution in [3.63, 3.8) is 0 Å². The Hall–Kier alpha value is -2.00. The third-order valence-corrected chi connectivity index (χ3v) is 5.26. The summed E-state index contributed by atoms with van der Waals surface area (Å²) in [6.07, 6.45) is 0.824. The number of aromatic nitrogens is 2. The Balaban J connectivity index is 2.12. The van der Waals surface area contributed by atoms with Gasteiger partial charge in [0.2, 0.25) is 10.0 Å². The number of carbonyl (C=O) groups is 1. The largest absolute Gasteiger partial charge is 0.480 e. The van der Waals surface area contributed by atoms with E-state index in [1.54, 1.807) is 6.07 Å². The first-order chi connectivity index (χ1) is 9.51. The van der Waals surface area contributed by atoms with Crippen molar-refractivity contribution in [3.05, 3.63) is 18.2 Å². The smallest absolute Gasteiger partial charge is 0.322 e. The number of fused-ring (bicyclic) bond motifs is 1. The molecule has 1 aliphatic rings. The Morgan fingerprint density at radius 1 is 1.40 bits per heavy atom. The second kappa shape index (κ2) is 4.53. The van der Waals surface area contributed by atoms with E-state index in [2.05, 4.69) is 14.9 Å². The van der Waals surface area contributed by atoms with E-state index in [9.17, 15) is 13.2 Å². The first kappa shape index (κ1) is 13.0. The van der Waals surface area contributed by atoms with Gasteiger partial charge in [-0.25, -0.2) is 13.0 Å². The van der Waals surface area contributed by atoms with Gasteiger partial charge < -0.3 is 5.11 Å². The van der Waals surface area contributed by atoms with Crippen LogP contribution >= 0.6 is 0 Å². The maximum Gasteiger partial charge on any atom is 0.322 e. The van der Waals surface area contributed by atoms with Crippen LogP contribution in [0.2, 0.25) is 0 Å². The lowest BCUT2D eigenvalue weighted by Crippen LogP contribution is -2.40. The molecule has 0 saturated carbocycles. The molecule has 1 N–H and O–H groups in total. The lowest BCUT2D eigenvalue weighted by atomic mass is 10.2. The van der Waals surface area contributed by atoms with Gasteiger partial charge in [-0.05, 0) is 35.3 Å². The highest BCUT2D eigenvalue weighted by atomic mass is 32.2. The Morgan fingerprint density at radius 3 is 2.95 bits per heavy atom. The molecule has 0 spiro atoms. The van der Waals surface area contributed by atoms with E-state index in [-0.39, 0.29) is 17.0 Å². The van der Waals surface area contributed by atoms with Gasteiger partial charge in [0.25, 0.3) is 0 Å². The summed E-state index contributed by atoms with van der Waals surface area (Å²) in [7, 11) is -3.94. The highest BCUT2D eigenvalue weighted by Crippen LogP contribution is 2.29. The first-order valence-electron chi connectivity index (χ1n) is 5.98. The lowest BCUT2D eigenvalue weighted by Gasteiger charge is -2.20. The normalized spacial score (nSPS) is 20.5. The number of carboxylic acids is 1. The van der Waals surface area contributed by atoms with Crippen LogP contribution in [0.15, 0.2) is 27.7 Å². The van der Waals surface area contributed by atoms with Gasteiger partial charge in [-0.3, -0.25) is 4.79 Å². The van der Waals surface area contributed by atoms with Gasteiger partial charge in [-0.15, -0.1) is 0 Å². The zero-order chi connectivity index (χ0) is 14.3. The quantitative estimate of drug-likeness (QED) is 0.875. The average Bonchev–Trinajstić information content (AvgIpc) is 3.06. The Bertz CT molecular complexity index is 769. The maximum absolute atomic E-state index is 12.6. The van der Waals surface area contributed by atoms with Crippen molar-refractivity contribution >= 4 is 27.0 Å². The number of aliphatic carboxylic acids is 1. The summed E-state index contributed by atoms with van der Waals surface area (Å²) >= 11 is 0. The van der Waals surface area contributed by atoms with Crippen molar-refractivity contribution < 1.29 is 22.9 Å². The van der Waals surface area contributed by atoms with Crippen LogP contribution in [0, 0.1) is 0 Å². The molecule has 2 heterocycles. The van der Waals surface area contributed by atoms with E-state index in [1.165, 1.54) is 12.1 Å². The van der Waals surface area contributed by atoms with E-state index >= 15 is 0 Å². The van der Waals surface area contributed by atoms with Gasteiger partial charge in [-0.1, -0.05) is 6.07 Å². The molecule has 0 radical (unpaired) electrons. The van der Waals surface area contributed by atoms with Crippen LogP contribution in [-0.2, 0) is 14.8 Å². The fourth-order valence-corrected chi connectivity index (χ4v) is 4.18. The summed E-state index contributed by atoms with van der Waals surface area (Å²) in [5.41, 5.74) is 0.431. The number of rotatable bonds is 3. The fraction of sp³-hybridized carbons (Fsp3) is 0.364. The van der Waals surface area contributed by atoms with Crippen LogP contribution in [0.3, 0.4) is 0 Å². The van der Waals surface area contributed by atoms with Crippen molar-refractivity contribution in [1.29, 1.82) is 0 Å². The lowest BCUT2D eigenvalue weighted by molar-refractivity contribution is -0.140. The molecular formula is C11H11N3O5S. The van der Waals surface area contributed by atoms with Crippen molar-refractivity contribution in [2.75, 3.05) is 6.54 Å². The predicted octanol–water partition coefficient (Wildman–Crippen LogP) is 0.460. The molecule has 8 nitrogen and oxygen atoms in total. The minimum Gasteiger partial charge on any atom is -0.480 e. The van der Waals surface area contributed by atoms with Crippen LogP contribution in [0.25, 0.3) is 11.0 Å². The highest BCUT2D eigenvalue weighted by Gasteiger charge is 2.40. The predicted molar refractivity (Wildman–Crippen MR) is 66.4 cm³/mol. The summed E-state index contributed by atoms with van der Waals surface area (Å²) in [4.78, 5) is 11.1. The molecule has 0 bridgehead atoms. The van der Waals surface area contributed by atoms with Crippen molar-refractivity contribution in [1.82, 2.24) is 14.6 Å². The second-order valence-corrected chi connectivity index (χ2v) is 6.36. The molecule has 2 aromatic rings. The van der Waals surface area contributed by atoms with Crippen LogP contribution in [0.4, 0.5) is 0 Å². The van der Waals surface area contributed by atoms with E-state index in [4.69, 9.17) is 5.11 Å². The summed E-state index contributed by atoms with van der Waals surface area (Å²) < 4.78 is 30.8. The third-order valence-electron chi connectivity index (χ3n) is 3.32. The van der Waals surface area contributed by atoms with E-state index in [1.807, 2.05) is 0 Å². The minimum absolute atomic E-state index is 0.0793. The maximum atomic E-state index is 12.6. The topological polar surface area (TPSA) is 114 Å². The van der Waals surface area contributed by atoms with Crippen LogP contribution < -0.4 is 0 Å². The van der Waals surface area contributed by atoms with Crippen LogP contribution in [0.5, 0.6) is 0 Å². The molecule has 1 aromatic heterocycles. The number of sulfonamides is 1. The zero-order valence-corrected chi connectivity index (χ0v) is 11.1. The molecule has 0 amide bonds. The van der Waals surface area contributed by atoms with Gasteiger partial charge in [0.15, 0.2) is 5.52 Å².